The van der Waals surface area contributed by atoms with E-state index >= 15 is 0 Å². The van der Waals surface area contributed by atoms with Crippen LogP contribution in [0, 0.1) is 5.82 Å². The summed E-state index contributed by atoms with van der Waals surface area (Å²) in [5.41, 5.74) is 0.890. The SMILES string of the molecule is COCCOC(=O)[C@@H](C)Oc1ccc(C(=O)Nc2ccc(F)cc2)cc1. The van der Waals surface area contributed by atoms with Gasteiger partial charge in [0.1, 0.15) is 18.2 Å². The van der Waals surface area contributed by atoms with E-state index in [9.17, 15) is 14.0 Å². The highest BCUT2D eigenvalue weighted by molar-refractivity contribution is 6.04. The van der Waals surface area contributed by atoms with Gasteiger partial charge in [-0.25, -0.2) is 9.18 Å². The number of carbonyl (C=O) groups is 2. The second-order valence-electron chi connectivity index (χ2n) is 5.41. The van der Waals surface area contributed by atoms with Crippen LogP contribution in [0.1, 0.15) is 17.3 Å². The third kappa shape index (κ3) is 5.86. The molecular formula is C19H20FNO5. The summed E-state index contributed by atoms with van der Waals surface area (Å²) in [6.07, 6.45) is -0.786. The van der Waals surface area contributed by atoms with Crippen molar-refractivity contribution < 1.29 is 28.2 Å². The fraction of sp³-hybridized carbons (Fsp3) is 0.263. The lowest BCUT2D eigenvalue weighted by Gasteiger charge is -2.14. The molecule has 0 bridgehead atoms. The number of ether oxygens (including phenoxy) is 3. The van der Waals surface area contributed by atoms with Gasteiger partial charge in [-0.3, -0.25) is 4.79 Å². The minimum absolute atomic E-state index is 0.158. The quantitative estimate of drug-likeness (QED) is 0.578. The zero-order chi connectivity index (χ0) is 18.9. The van der Waals surface area contributed by atoms with Crippen LogP contribution in [0.5, 0.6) is 5.75 Å². The Morgan fingerprint density at radius 1 is 1.04 bits per heavy atom. The zero-order valence-corrected chi connectivity index (χ0v) is 14.5. The maximum atomic E-state index is 12.9. The largest absolute Gasteiger partial charge is 0.479 e. The van der Waals surface area contributed by atoms with Gasteiger partial charge in [-0.05, 0) is 55.5 Å². The Balaban J connectivity index is 1.89. The Kier molecular flexibility index (Phi) is 7.11. The van der Waals surface area contributed by atoms with Gasteiger partial charge in [-0.1, -0.05) is 0 Å². The summed E-state index contributed by atoms with van der Waals surface area (Å²) in [5.74, 6) is -0.783. The molecule has 1 amide bonds. The van der Waals surface area contributed by atoms with Crippen LogP contribution in [0.4, 0.5) is 10.1 Å². The lowest BCUT2D eigenvalue weighted by atomic mass is 10.2. The Bertz CT molecular complexity index is 731. The molecule has 0 spiro atoms. The van der Waals surface area contributed by atoms with E-state index in [1.165, 1.54) is 31.4 Å². The number of esters is 1. The number of anilines is 1. The monoisotopic (exact) mass is 361 g/mol. The fourth-order valence-corrected chi connectivity index (χ4v) is 2.02. The van der Waals surface area contributed by atoms with Crippen LogP contribution in [0.3, 0.4) is 0 Å². The van der Waals surface area contributed by atoms with Crippen LogP contribution >= 0.6 is 0 Å². The van der Waals surface area contributed by atoms with Crippen molar-refractivity contribution in [2.75, 3.05) is 25.6 Å². The van der Waals surface area contributed by atoms with Gasteiger partial charge < -0.3 is 19.5 Å². The molecule has 0 heterocycles. The molecule has 2 aromatic carbocycles. The van der Waals surface area contributed by atoms with Gasteiger partial charge >= 0.3 is 5.97 Å². The van der Waals surface area contributed by atoms with Gasteiger partial charge in [-0.2, -0.15) is 0 Å². The van der Waals surface area contributed by atoms with Crippen molar-refractivity contribution in [1.82, 2.24) is 0 Å². The first kappa shape index (κ1) is 19.4. The number of hydrogen-bond donors (Lipinski definition) is 1. The van der Waals surface area contributed by atoms with E-state index in [0.717, 1.165) is 0 Å². The molecule has 0 fully saturated rings. The standard InChI is InChI=1S/C19H20FNO5/c1-13(19(23)25-12-11-24-2)26-17-9-3-14(4-10-17)18(22)21-16-7-5-15(20)6-8-16/h3-10,13H,11-12H2,1-2H3,(H,21,22)/t13-/m1/s1. The van der Waals surface area contributed by atoms with Gasteiger partial charge in [0.2, 0.25) is 0 Å². The fourth-order valence-electron chi connectivity index (χ4n) is 2.02. The zero-order valence-electron chi connectivity index (χ0n) is 14.5. The van der Waals surface area contributed by atoms with Crippen LogP contribution in [0.25, 0.3) is 0 Å². The van der Waals surface area contributed by atoms with Crippen molar-refractivity contribution in [3.05, 3.63) is 59.9 Å². The first-order valence-electron chi connectivity index (χ1n) is 7.99. The minimum atomic E-state index is -0.786. The van der Waals surface area contributed by atoms with E-state index in [1.807, 2.05) is 0 Å². The predicted octanol–water partition coefficient (Wildman–Crippen LogP) is 3.03. The minimum Gasteiger partial charge on any atom is -0.479 e. The maximum absolute atomic E-state index is 12.9. The van der Waals surface area contributed by atoms with Gasteiger partial charge in [0.15, 0.2) is 6.10 Å². The molecule has 0 aromatic heterocycles. The van der Waals surface area contributed by atoms with Crippen LogP contribution in [-0.4, -0.2) is 38.3 Å². The number of carbonyl (C=O) groups excluding carboxylic acids is 2. The predicted molar refractivity (Wildman–Crippen MR) is 93.7 cm³/mol. The third-order valence-electron chi connectivity index (χ3n) is 3.40. The van der Waals surface area contributed by atoms with E-state index < -0.39 is 12.1 Å². The third-order valence-corrected chi connectivity index (χ3v) is 3.40. The number of methoxy groups -OCH3 is 1. The second kappa shape index (κ2) is 9.53. The lowest BCUT2D eigenvalue weighted by molar-refractivity contribution is -0.152. The number of amides is 1. The summed E-state index contributed by atoms with van der Waals surface area (Å²) in [5, 5.41) is 2.66. The highest BCUT2D eigenvalue weighted by Gasteiger charge is 2.16. The van der Waals surface area contributed by atoms with Crippen LogP contribution in [0.2, 0.25) is 0 Å². The maximum Gasteiger partial charge on any atom is 0.347 e. The molecule has 0 unspecified atom stereocenters. The van der Waals surface area contributed by atoms with E-state index in [1.54, 1.807) is 31.2 Å². The molecule has 26 heavy (non-hydrogen) atoms. The summed E-state index contributed by atoms with van der Waals surface area (Å²) in [6, 6.07) is 11.8. The first-order chi connectivity index (χ1) is 12.5. The number of hydrogen-bond acceptors (Lipinski definition) is 5. The molecule has 0 radical (unpaired) electrons. The van der Waals surface area contributed by atoms with Crippen LogP contribution in [0.15, 0.2) is 48.5 Å². The Hall–Kier alpha value is -2.93. The molecule has 0 aliphatic carbocycles. The summed E-state index contributed by atoms with van der Waals surface area (Å²) in [6.45, 7) is 2.05. The summed E-state index contributed by atoms with van der Waals surface area (Å²) in [7, 11) is 1.52. The molecule has 0 aliphatic heterocycles. The Morgan fingerprint density at radius 3 is 2.31 bits per heavy atom. The molecule has 2 aromatic rings. The summed E-state index contributed by atoms with van der Waals surface area (Å²) >= 11 is 0. The van der Waals surface area contributed by atoms with E-state index in [-0.39, 0.29) is 18.3 Å². The molecule has 7 heteroatoms. The van der Waals surface area contributed by atoms with Crippen LogP contribution < -0.4 is 10.1 Å². The highest BCUT2D eigenvalue weighted by atomic mass is 19.1. The van der Waals surface area contributed by atoms with Crippen molar-refractivity contribution >= 4 is 17.6 Å². The van der Waals surface area contributed by atoms with Crippen molar-refractivity contribution in [3.8, 4) is 5.75 Å². The van der Waals surface area contributed by atoms with Crippen molar-refractivity contribution in [2.45, 2.75) is 13.0 Å². The Morgan fingerprint density at radius 2 is 1.69 bits per heavy atom. The van der Waals surface area contributed by atoms with Gasteiger partial charge in [0, 0.05) is 18.4 Å². The smallest absolute Gasteiger partial charge is 0.347 e. The normalized spacial score (nSPS) is 11.5. The second-order valence-corrected chi connectivity index (χ2v) is 5.41. The van der Waals surface area contributed by atoms with Gasteiger partial charge in [0.05, 0.1) is 6.61 Å². The molecule has 1 N–H and O–H groups in total. The molecule has 138 valence electrons. The molecule has 0 saturated carbocycles. The lowest BCUT2D eigenvalue weighted by Crippen LogP contribution is -2.27. The molecular weight excluding hydrogens is 341 g/mol. The molecule has 1 atom stereocenters. The van der Waals surface area contributed by atoms with Gasteiger partial charge in [-0.15, -0.1) is 0 Å². The average Bonchev–Trinajstić information content (AvgIpc) is 2.64. The summed E-state index contributed by atoms with van der Waals surface area (Å²) in [4.78, 5) is 23.9. The van der Waals surface area contributed by atoms with Crippen molar-refractivity contribution in [3.63, 3.8) is 0 Å². The van der Waals surface area contributed by atoms with Crippen LogP contribution in [-0.2, 0) is 14.3 Å². The Labute approximate surface area is 150 Å². The van der Waals surface area contributed by atoms with E-state index in [2.05, 4.69) is 5.32 Å². The van der Waals surface area contributed by atoms with E-state index in [4.69, 9.17) is 14.2 Å². The van der Waals surface area contributed by atoms with Gasteiger partial charge in [0.25, 0.3) is 5.91 Å². The van der Waals surface area contributed by atoms with Crippen molar-refractivity contribution in [1.29, 1.82) is 0 Å². The van der Waals surface area contributed by atoms with E-state index in [0.29, 0.717) is 23.6 Å². The number of nitrogens with one attached hydrogen (secondary N) is 1. The number of halogens is 1. The molecule has 2 rings (SSSR count). The summed E-state index contributed by atoms with van der Waals surface area (Å²) < 4.78 is 28.1. The molecule has 0 aliphatic rings. The molecule has 6 nitrogen and oxygen atoms in total. The number of benzene rings is 2. The number of rotatable bonds is 8. The van der Waals surface area contributed by atoms with Crippen molar-refractivity contribution in [2.24, 2.45) is 0 Å². The topological polar surface area (TPSA) is 73.9 Å². The first-order valence-corrected chi connectivity index (χ1v) is 7.99. The highest BCUT2D eigenvalue weighted by Crippen LogP contribution is 2.16. The molecule has 0 saturated heterocycles. The average molecular weight is 361 g/mol.